The van der Waals surface area contributed by atoms with E-state index in [1.54, 1.807) is 0 Å². The first-order chi connectivity index (χ1) is 12.8. The Hall–Kier alpha value is -0.780. The van der Waals surface area contributed by atoms with Gasteiger partial charge in [0, 0.05) is 0 Å². The minimum absolute atomic E-state index is 0.764. The fourth-order valence-electron chi connectivity index (χ4n) is 3.51. The van der Waals surface area contributed by atoms with Crippen molar-refractivity contribution >= 4 is 0 Å². The van der Waals surface area contributed by atoms with Gasteiger partial charge in [-0.05, 0) is 38.0 Å². The zero-order chi connectivity index (χ0) is 19.1. The summed E-state index contributed by atoms with van der Waals surface area (Å²) in [4.78, 5) is 0. The van der Waals surface area contributed by atoms with Crippen LogP contribution in [0.3, 0.4) is 0 Å². The van der Waals surface area contributed by atoms with E-state index in [0.29, 0.717) is 0 Å². The Morgan fingerprint density at radius 3 is 1.58 bits per heavy atom. The Morgan fingerprint density at radius 2 is 1.23 bits per heavy atom. The van der Waals surface area contributed by atoms with Gasteiger partial charge in [-0.3, -0.25) is 0 Å². The first kappa shape index (κ1) is 25.2. The molecule has 26 heavy (non-hydrogen) atoms. The van der Waals surface area contributed by atoms with E-state index < -0.39 is 0 Å². The van der Waals surface area contributed by atoms with Crippen molar-refractivity contribution in [2.24, 2.45) is 5.92 Å². The highest BCUT2D eigenvalue weighted by Crippen LogP contribution is 2.18. The Labute approximate surface area is 166 Å². The van der Waals surface area contributed by atoms with Crippen molar-refractivity contribution in [2.45, 2.75) is 122 Å². The minimum Gasteiger partial charge on any atom is -0.103 e. The van der Waals surface area contributed by atoms with Crippen molar-refractivity contribution in [3.8, 4) is 0 Å². The average molecular weight is 361 g/mol. The summed E-state index contributed by atoms with van der Waals surface area (Å²) in [5.41, 5.74) is 0. The molecule has 0 aliphatic heterocycles. The van der Waals surface area contributed by atoms with Crippen molar-refractivity contribution in [1.82, 2.24) is 0 Å². The fourth-order valence-corrected chi connectivity index (χ4v) is 3.51. The lowest BCUT2D eigenvalue weighted by atomic mass is 9.95. The molecule has 0 saturated carbocycles. The van der Waals surface area contributed by atoms with Crippen LogP contribution in [0.4, 0.5) is 0 Å². The summed E-state index contributed by atoms with van der Waals surface area (Å²) in [6.45, 7) is 9.80. The Bertz CT molecular complexity index is 312. The molecule has 0 saturated heterocycles. The van der Waals surface area contributed by atoms with Crippen LogP contribution >= 0.6 is 0 Å². The van der Waals surface area contributed by atoms with Gasteiger partial charge in [0.2, 0.25) is 0 Å². The van der Waals surface area contributed by atoms with E-state index in [0.717, 1.165) is 5.92 Å². The SMILES string of the molecule is C=CC1CC=CCC1.C=CCCCCCCCCCCCCCCCC. The molecular weight excluding hydrogens is 312 g/mol. The molecule has 0 heterocycles. The van der Waals surface area contributed by atoms with Crippen LogP contribution in [0, 0.1) is 5.92 Å². The van der Waals surface area contributed by atoms with Crippen LogP contribution in [0.5, 0.6) is 0 Å². The lowest BCUT2D eigenvalue weighted by Crippen LogP contribution is -1.96. The van der Waals surface area contributed by atoms with Gasteiger partial charge in [-0.2, -0.15) is 0 Å². The number of hydrogen-bond acceptors (Lipinski definition) is 0. The first-order valence-corrected chi connectivity index (χ1v) is 11.7. The molecule has 0 N–H and O–H groups in total. The standard InChI is InChI=1S/C18H36.C8H12/c1-3-5-7-9-11-13-15-17-18-16-14-12-10-8-6-4-2;1-2-8-6-4-3-5-7-8/h3H,1,4-18H2,2H3;2-4,8H,1,5-7H2. The summed E-state index contributed by atoms with van der Waals surface area (Å²) in [5.74, 6) is 0.764. The van der Waals surface area contributed by atoms with Crippen LogP contribution in [-0.2, 0) is 0 Å². The third kappa shape index (κ3) is 19.5. The molecule has 1 rings (SSSR count). The van der Waals surface area contributed by atoms with E-state index in [9.17, 15) is 0 Å². The van der Waals surface area contributed by atoms with Gasteiger partial charge in [-0.1, -0.05) is 115 Å². The largest absolute Gasteiger partial charge is 0.103 e. The van der Waals surface area contributed by atoms with E-state index in [4.69, 9.17) is 0 Å². The first-order valence-electron chi connectivity index (χ1n) is 11.7. The molecule has 0 amide bonds. The van der Waals surface area contributed by atoms with Crippen molar-refractivity contribution < 1.29 is 0 Å². The molecule has 0 aromatic carbocycles. The van der Waals surface area contributed by atoms with Gasteiger partial charge >= 0.3 is 0 Å². The van der Waals surface area contributed by atoms with E-state index in [1.807, 2.05) is 6.08 Å². The lowest BCUT2D eigenvalue weighted by Gasteiger charge is -2.11. The lowest BCUT2D eigenvalue weighted by molar-refractivity contribution is 0.536. The monoisotopic (exact) mass is 360 g/mol. The molecule has 0 bridgehead atoms. The summed E-state index contributed by atoms with van der Waals surface area (Å²) in [5, 5.41) is 0. The highest BCUT2D eigenvalue weighted by molar-refractivity contribution is 4.95. The molecule has 0 aromatic rings. The second-order valence-electron chi connectivity index (χ2n) is 7.95. The molecule has 0 fully saturated rings. The highest BCUT2D eigenvalue weighted by atomic mass is 14.1. The van der Waals surface area contributed by atoms with Crippen molar-refractivity contribution in [3.05, 3.63) is 37.5 Å². The van der Waals surface area contributed by atoms with Crippen molar-refractivity contribution in [2.75, 3.05) is 0 Å². The quantitative estimate of drug-likeness (QED) is 0.190. The van der Waals surface area contributed by atoms with E-state index in [1.165, 1.54) is 116 Å². The fraction of sp³-hybridized carbons (Fsp3) is 0.769. The third-order valence-corrected chi connectivity index (χ3v) is 5.40. The summed E-state index contributed by atoms with van der Waals surface area (Å²) >= 11 is 0. The maximum Gasteiger partial charge on any atom is -0.0199 e. The molecule has 1 aliphatic rings. The average Bonchev–Trinajstić information content (AvgIpc) is 2.69. The zero-order valence-electron chi connectivity index (χ0n) is 18.0. The van der Waals surface area contributed by atoms with E-state index in [-0.39, 0.29) is 0 Å². The summed E-state index contributed by atoms with van der Waals surface area (Å²) in [7, 11) is 0. The number of allylic oxidation sites excluding steroid dienone is 4. The maximum absolute atomic E-state index is 3.76. The van der Waals surface area contributed by atoms with Crippen LogP contribution in [0.1, 0.15) is 122 Å². The minimum atomic E-state index is 0.764. The molecule has 0 nitrogen and oxygen atoms in total. The van der Waals surface area contributed by atoms with Gasteiger partial charge in [0.25, 0.3) is 0 Å². The molecule has 152 valence electrons. The normalized spacial score (nSPS) is 16.0. The summed E-state index contributed by atoms with van der Waals surface area (Å²) in [6, 6.07) is 0. The maximum atomic E-state index is 3.76. The van der Waals surface area contributed by atoms with Crippen LogP contribution in [-0.4, -0.2) is 0 Å². The van der Waals surface area contributed by atoms with Gasteiger partial charge in [0.1, 0.15) is 0 Å². The smallest absolute Gasteiger partial charge is 0.0199 e. The molecule has 0 radical (unpaired) electrons. The Kier molecular flexibility index (Phi) is 21.6. The van der Waals surface area contributed by atoms with Crippen LogP contribution in [0.25, 0.3) is 0 Å². The molecule has 0 aromatic heterocycles. The molecule has 1 unspecified atom stereocenters. The van der Waals surface area contributed by atoms with Crippen LogP contribution in [0.2, 0.25) is 0 Å². The van der Waals surface area contributed by atoms with E-state index in [2.05, 4.69) is 38.3 Å². The van der Waals surface area contributed by atoms with Crippen LogP contribution in [0.15, 0.2) is 37.5 Å². The van der Waals surface area contributed by atoms with Gasteiger partial charge in [0.05, 0.1) is 0 Å². The van der Waals surface area contributed by atoms with Crippen LogP contribution < -0.4 is 0 Å². The molecule has 1 atom stereocenters. The van der Waals surface area contributed by atoms with Gasteiger partial charge < -0.3 is 0 Å². The predicted molar refractivity (Wildman–Crippen MR) is 122 cm³/mol. The Morgan fingerprint density at radius 1 is 0.731 bits per heavy atom. The van der Waals surface area contributed by atoms with Gasteiger partial charge in [-0.15, -0.1) is 13.2 Å². The number of hydrogen-bond donors (Lipinski definition) is 0. The number of rotatable bonds is 16. The Balaban J connectivity index is 0.000000642. The van der Waals surface area contributed by atoms with Gasteiger partial charge in [-0.25, -0.2) is 0 Å². The topological polar surface area (TPSA) is 0 Å². The summed E-state index contributed by atoms with van der Waals surface area (Å²) < 4.78 is 0. The zero-order valence-corrected chi connectivity index (χ0v) is 18.0. The third-order valence-electron chi connectivity index (χ3n) is 5.40. The predicted octanol–water partition coefficient (Wildman–Crippen LogP) is 9.57. The molecule has 0 heteroatoms. The highest BCUT2D eigenvalue weighted by Gasteiger charge is 2.02. The molecule has 0 spiro atoms. The molecule has 1 aliphatic carbocycles. The second kappa shape index (κ2) is 22.3. The summed E-state index contributed by atoms with van der Waals surface area (Å²) in [6.07, 6.45) is 33.8. The molecular formula is C26H48. The van der Waals surface area contributed by atoms with Gasteiger partial charge in [0.15, 0.2) is 0 Å². The second-order valence-corrected chi connectivity index (χ2v) is 7.95. The number of unbranched alkanes of at least 4 members (excludes halogenated alkanes) is 14. The van der Waals surface area contributed by atoms with E-state index >= 15 is 0 Å². The van der Waals surface area contributed by atoms with Crippen molar-refractivity contribution in [1.29, 1.82) is 0 Å². The van der Waals surface area contributed by atoms with Crippen molar-refractivity contribution in [3.63, 3.8) is 0 Å².